The fourth-order valence-corrected chi connectivity index (χ4v) is 0.914. The summed E-state index contributed by atoms with van der Waals surface area (Å²) in [5, 5.41) is 0.0597. The van der Waals surface area contributed by atoms with E-state index in [1.807, 2.05) is 0 Å². The van der Waals surface area contributed by atoms with Crippen LogP contribution in [0.3, 0.4) is 0 Å². The van der Waals surface area contributed by atoms with E-state index in [9.17, 15) is 4.39 Å². The summed E-state index contributed by atoms with van der Waals surface area (Å²) in [5.41, 5.74) is 5.21. The van der Waals surface area contributed by atoms with E-state index in [0.29, 0.717) is 18.9 Å². The number of hydrogen-bond donors (Lipinski definition) is 1. The van der Waals surface area contributed by atoms with E-state index in [4.69, 9.17) is 22.1 Å². The lowest BCUT2D eigenvalue weighted by Crippen LogP contribution is -2.10. The van der Waals surface area contributed by atoms with E-state index in [1.54, 1.807) is 0 Å². The summed E-state index contributed by atoms with van der Waals surface area (Å²) in [6, 6.07) is 4.19. The molecule has 1 rings (SSSR count). The number of ether oxygens (including phenoxy) is 1. The maximum Gasteiger partial charge on any atom is 0.142 e. The molecule has 0 atom stereocenters. The van der Waals surface area contributed by atoms with Gasteiger partial charge in [0.2, 0.25) is 0 Å². The van der Waals surface area contributed by atoms with Crippen molar-refractivity contribution in [2.24, 2.45) is 5.73 Å². The van der Waals surface area contributed by atoms with Gasteiger partial charge in [-0.1, -0.05) is 11.6 Å². The summed E-state index contributed by atoms with van der Waals surface area (Å²) in [6.45, 7) is 0.830. The lowest BCUT2D eigenvalue weighted by atomic mass is 10.3. The molecule has 0 aliphatic rings. The molecular weight excluding hydrogens is 181 g/mol. The van der Waals surface area contributed by atoms with Crippen LogP contribution in [0.1, 0.15) is 0 Å². The number of nitrogens with two attached hydrogens (primary N) is 1. The Kier molecular flexibility index (Phi) is 3.31. The molecule has 1 aromatic carbocycles. The Morgan fingerprint density at radius 3 is 2.83 bits per heavy atom. The van der Waals surface area contributed by atoms with E-state index in [1.165, 1.54) is 18.2 Å². The Morgan fingerprint density at radius 2 is 2.25 bits per heavy atom. The predicted octanol–water partition coefficient (Wildman–Crippen LogP) is 1.82. The fourth-order valence-electron chi connectivity index (χ4n) is 0.743. The van der Waals surface area contributed by atoms with Crippen LogP contribution in [0.25, 0.3) is 0 Å². The van der Waals surface area contributed by atoms with Gasteiger partial charge in [0, 0.05) is 12.6 Å². The summed E-state index contributed by atoms with van der Waals surface area (Å²) in [5.74, 6) is 0.0867. The SMILES string of the molecule is NCCOc1ccc(F)c(Cl)c1. The second-order valence-corrected chi connectivity index (χ2v) is 2.62. The maximum atomic E-state index is 12.6. The molecule has 0 unspecified atom stereocenters. The lowest BCUT2D eigenvalue weighted by molar-refractivity contribution is 0.328. The molecule has 2 nitrogen and oxygen atoms in total. The highest BCUT2D eigenvalue weighted by Gasteiger charge is 2.00. The minimum Gasteiger partial charge on any atom is -0.492 e. The molecule has 4 heteroatoms. The molecule has 0 spiro atoms. The summed E-state index contributed by atoms with van der Waals surface area (Å²) >= 11 is 5.51. The molecule has 66 valence electrons. The molecule has 12 heavy (non-hydrogen) atoms. The smallest absolute Gasteiger partial charge is 0.142 e. The zero-order valence-corrected chi connectivity index (χ0v) is 7.14. The standard InChI is InChI=1S/C8H9ClFNO/c9-7-5-6(12-4-3-11)1-2-8(7)10/h1-2,5H,3-4,11H2. The molecule has 0 heterocycles. The van der Waals surface area contributed by atoms with Crippen molar-refractivity contribution in [2.75, 3.05) is 13.2 Å². The molecule has 2 N–H and O–H groups in total. The quantitative estimate of drug-likeness (QED) is 0.787. The van der Waals surface area contributed by atoms with Crippen LogP contribution in [-0.2, 0) is 0 Å². The second-order valence-electron chi connectivity index (χ2n) is 2.21. The Labute approximate surface area is 75.1 Å². The van der Waals surface area contributed by atoms with Gasteiger partial charge in [-0.15, -0.1) is 0 Å². The van der Waals surface area contributed by atoms with Crippen LogP contribution < -0.4 is 10.5 Å². The normalized spacial score (nSPS) is 9.92. The number of benzene rings is 1. The zero-order valence-electron chi connectivity index (χ0n) is 6.39. The zero-order chi connectivity index (χ0) is 8.97. The van der Waals surface area contributed by atoms with E-state index in [0.717, 1.165) is 0 Å². The van der Waals surface area contributed by atoms with Crippen LogP contribution in [0, 0.1) is 5.82 Å². The van der Waals surface area contributed by atoms with Crippen molar-refractivity contribution in [2.45, 2.75) is 0 Å². The Balaban J connectivity index is 2.69. The molecule has 0 aliphatic heterocycles. The molecule has 1 aromatic rings. The van der Waals surface area contributed by atoms with Crippen molar-refractivity contribution in [3.8, 4) is 5.75 Å². The van der Waals surface area contributed by atoms with E-state index < -0.39 is 5.82 Å². The van der Waals surface area contributed by atoms with Crippen LogP contribution >= 0.6 is 11.6 Å². The molecule has 0 aromatic heterocycles. The van der Waals surface area contributed by atoms with E-state index in [-0.39, 0.29) is 5.02 Å². The maximum absolute atomic E-state index is 12.6. The van der Waals surface area contributed by atoms with Gasteiger partial charge in [-0.3, -0.25) is 0 Å². The van der Waals surface area contributed by atoms with Crippen molar-refractivity contribution in [3.63, 3.8) is 0 Å². The molecule has 0 aliphatic carbocycles. The van der Waals surface area contributed by atoms with E-state index in [2.05, 4.69) is 0 Å². The summed E-state index contributed by atoms with van der Waals surface area (Å²) in [4.78, 5) is 0. The topological polar surface area (TPSA) is 35.2 Å². The Hall–Kier alpha value is -0.800. The van der Waals surface area contributed by atoms with Crippen molar-refractivity contribution in [3.05, 3.63) is 29.0 Å². The molecular formula is C8H9ClFNO. The van der Waals surface area contributed by atoms with Gasteiger partial charge in [0.15, 0.2) is 0 Å². The molecule has 0 amide bonds. The van der Waals surface area contributed by atoms with Gasteiger partial charge < -0.3 is 10.5 Å². The lowest BCUT2D eigenvalue weighted by Gasteiger charge is -2.04. The van der Waals surface area contributed by atoms with Gasteiger partial charge in [-0.2, -0.15) is 0 Å². The minimum absolute atomic E-state index is 0.0597. The fraction of sp³-hybridized carbons (Fsp3) is 0.250. The Bertz CT molecular complexity index is 267. The van der Waals surface area contributed by atoms with Gasteiger partial charge in [0.1, 0.15) is 18.2 Å². The van der Waals surface area contributed by atoms with Crippen LogP contribution in [0.2, 0.25) is 5.02 Å². The Morgan fingerprint density at radius 1 is 1.50 bits per heavy atom. The van der Waals surface area contributed by atoms with Gasteiger partial charge in [0.25, 0.3) is 0 Å². The largest absolute Gasteiger partial charge is 0.492 e. The number of halogens is 2. The molecule has 0 saturated carbocycles. The van der Waals surface area contributed by atoms with Crippen LogP contribution in [0.15, 0.2) is 18.2 Å². The molecule has 0 radical (unpaired) electrons. The van der Waals surface area contributed by atoms with Gasteiger partial charge in [0.05, 0.1) is 5.02 Å². The molecule has 0 fully saturated rings. The first-order chi connectivity index (χ1) is 5.74. The first-order valence-corrected chi connectivity index (χ1v) is 3.90. The third kappa shape index (κ3) is 2.36. The van der Waals surface area contributed by atoms with Crippen LogP contribution in [-0.4, -0.2) is 13.2 Å². The third-order valence-electron chi connectivity index (χ3n) is 1.28. The second kappa shape index (κ2) is 4.28. The first kappa shape index (κ1) is 9.29. The third-order valence-corrected chi connectivity index (χ3v) is 1.57. The molecule has 0 saturated heterocycles. The van der Waals surface area contributed by atoms with Crippen molar-refractivity contribution in [1.82, 2.24) is 0 Å². The summed E-state index contributed by atoms with van der Waals surface area (Å²) in [7, 11) is 0. The first-order valence-electron chi connectivity index (χ1n) is 3.52. The average Bonchev–Trinajstić information content (AvgIpc) is 2.07. The van der Waals surface area contributed by atoms with Crippen molar-refractivity contribution < 1.29 is 9.13 Å². The van der Waals surface area contributed by atoms with Crippen LogP contribution in [0.4, 0.5) is 4.39 Å². The van der Waals surface area contributed by atoms with Crippen molar-refractivity contribution >= 4 is 11.6 Å². The summed E-state index contributed by atoms with van der Waals surface area (Å²) in [6.07, 6.45) is 0. The minimum atomic E-state index is -0.447. The van der Waals surface area contributed by atoms with Gasteiger partial charge in [-0.25, -0.2) is 4.39 Å². The predicted molar refractivity (Wildman–Crippen MR) is 46.0 cm³/mol. The summed E-state index contributed by atoms with van der Waals surface area (Å²) < 4.78 is 17.7. The van der Waals surface area contributed by atoms with Crippen molar-refractivity contribution in [1.29, 1.82) is 0 Å². The van der Waals surface area contributed by atoms with Gasteiger partial charge >= 0.3 is 0 Å². The highest BCUT2D eigenvalue weighted by Crippen LogP contribution is 2.20. The highest BCUT2D eigenvalue weighted by atomic mass is 35.5. The van der Waals surface area contributed by atoms with Crippen LogP contribution in [0.5, 0.6) is 5.75 Å². The highest BCUT2D eigenvalue weighted by molar-refractivity contribution is 6.30. The number of hydrogen-bond acceptors (Lipinski definition) is 2. The number of rotatable bonds is 3. The monoisotopic (exact) mass is 189 g/mol. The van der Waals surface area contributed by atoms with Gasteiger partial charge in [-0.05, 0) is 12.1 Å². The van der Waals surface area contributed by atoms with E-state index >= 15 is 0 Å². The molecule has 0 bridgehead atoms. The average molecular weight is 190 g/mol.